The van der Waals surface area contributed by atoms with E-state index in [0.717, 1.165) is 44.4 Å². The number of aliphatic hydroxyl groups excluding tert-OH is 1. The van der Waals surface area contributed by atoms with Crippen molar-refractivity contribution in [3.8, 4) is 0 Å². The van der Waals surface area contributed by atoms with Crippen LogP contribution in [0.5, 0.6) is 0 Å². The molecule has 140 valence electrons. The molecule has 3 aromatic rings. The minimum absolute atomic E-state index is 0.496. The maximum atomic E-state index is 9.70. The first-order chi connectivity index (χ1) is 13.1. The summed E-state index contributed by atoms with van der Waals surface area (Å²) in [4.78, 5) is 14.5. The van der Waals surface area contributed by atoms with Gasteiger partial charge < -0.3 is 15.7 Å². The molecule has 3 saturated carbocycles. The molecular formula is C20H23N5OS. The number of nitrogens with one attached hydrogen (secondary N) is 2. The maximum absolute atomic E-state index is 9.70. The molecule has 6 rings (SSSR count). The first-order valence-corrected chi connectivity index (χ1v) is 10.4. The van der Waals surface area contributed by atoms with Crippen molar-refractivity contribution >= 4 is 39.0 Å². The van der Waals surface area contributed by atoms with Crippen molar-refractivity contribution in [2.45, 2.75) is 44.8 Å². The Morgan fingerprint density at radius 3 is 2.74 bits per heavy atom. The van der Waals surface area contributed by atoms with Gasteiger partial charge in [0, 0.05) is 29.9 Å². The van der Waals surface area contributed by atoms with Crippen molar-refractivity contribution in [1.82, 2.24) is 15.0 Å². The highest BCUT2D eigenvalue weighted by molar-refractivity contribution is 7.15. The van der Waals surface area contributed by atoms with Crippen molar-refractivity contribution in [3.63, 3.8) is 0 Å². The van der Waals surface area contributed by atoms with Crippen molar-refractivity contribution in [2.75, 3.05) is 10.6 Å². The molecule has 0 spiro atoms. The van der Waals surface area contributed by atoms with Crippen molar-refractivity contribution in [1.29, 1.82) is 0 Å². The van der Waals surface area contributed by atoms with Crippen LogP contribution in [0.15, 0.2) is 30.6 Å². The molecule has 6 nitrogen and oxygen atoms in total. The van der Waals surface area contributed by atoms with Crippen LogP contribution < -0.4 is 10.6 Å². The first-order valence-electron chi connectivity index (χ1n) is 9.57. The van der Waals surface area contributed by atoms with Gasteiger partial charge in [0.1, 0.15) is 11.6 Å². The molecule has 0 saturated heterocycles. The normalized spacial score (nSPS) is 25.0. The standard InChI is InChI=1S/C20H23N5OS/c1-11(26)17-10-22-20(27-17)25-18-9-16-15(3-2-4-21-16)19(24-18)23-14-7-12-5-13(6-12)8-14/h2-4,9-14,26H,5-8H2,1H3,(H2,22,23,24,25). The predicted molar refractivity (Wildman–Crippen MR) is 108 cm³/mol. The minimum atomic E-state index is -0.515. The smallest absolute Gasteiger partial charge is 0.188 e. The largest absolute Gasteiger partial charge is 0.388 e. The maximum Gasteiger partial charge on any atom is 0.188 e. The average molecular weight is 382 g/mol. The summed E-state index contributed by atoms with van der Waals surface area (Å²) >= 11 is 1.44. The van der Waals surface area contributed by atoms with Crippen LogP contribution in [0, 0.1) is 11.8 Å². The summed E-state index contributed by atoms with van der Waals surface area (Å²) in [5, 5.41) is 18.4. The average Bonchev–Trinajstić information content (AvgIpc) is 3.10. The molecule has 3 aliphatic carbocycles. The highest BCUT2D eigenvalue weighted by Gasteiger charge is 2.38. The molecule has 3 heterocycles. The fourth-order valence-electron chi connectivity index (χ4n) is 4.37. The molecule has 0 amide bonds. The van der Waals surface area contributed by atoms with Crippen LogP contribution in [0.25, 0.3) is 10.9 Å². The lowest BCUT2D eigenvalue weighted by atomic mass is 9.63. The van der Waals surface area contributed by atoms with Crippen LogP contribution in [0.1, 0.15) is 43.6 Å². The summed E-state index contributed by atoms with van der Waals surface area (Å²) in [6.07, 6.45) is 8.28. The molecular weight excluding hydrogens is 358 g/mol. The first kappa shape index (κ1) is 16.9. The van der Waals surface area contributed by atoms with E-state index in [2.05, 4.69) is 26.7 Å². The summed E-state index contributed by atoms with van der Waals surface area (Å²) in [6, 6.07) is 6.47. The molecule has 1 unspecified atom stereocenters. The zero-order valence-corrected chi connectivity index (χ0v) is 16.0. The number of nitrogens with zero attached hydrogens (tertiary/aromatic N) is 3. The Morgan fingerprint density at radius 1 is 1.19 bits per heavy atom. The van der Waals surface area contributed by atoms with Crippen LogP contribution in [0.2, 0.25) is 0 Å². The fraction of sp³-hybridized carbons (Fsp3) is 0.450. The molecule has 27 heavy (non-hydrogen) atoms. The second-order valence-corrected chi connectivity index (χ2v) is 8.87. The van der Waals surface area contributed by atoms with Crippen LogP contribution in [0.3, 0.4) is 0 Å². The molecule has 2 bridgehead atoms. The highest BCUT2D eigenvalue weighted by atomic mass is 32.1. The van der Waals surface area contributed by atoms with Crippen LogP contribution in [0.4, 0.5) is 16.8 Å². The number of hydrogen-bond donors (Lipinski definition) is 3. The van der Waals surface area contributed by atoms with E-state index >= 15 is 0 Å². The number of aliphatic hydroxyl groups is 1. The number of fused-ring (bicyclic) bond motifs is 3. The molecule has 7 heteroatoms. The molecule has 0 aromatic carbocycles. The number of anilines is 3. The monoisotopic (exact) mass is 381 g/mol. The van der Waals surface area contributed by atoms with Gasteiger partial charge in [0.25, 0.3) is 0 Å². The second-order valence-electron chi connectivity index (χ2n) is 7.81. The molecule has 0 aliphatic heterocycles. The minimum Gasteiger partial charge on any atom is -0.388 e. The third kappa shape index (κ3) is 3.37. The van der Waals surface area contributed by atoms with Crippen molar-refractivity contribution in [3.05, 3.63) is 35.5 Å². The Kier molecular flexibility index (Phi) is 4.21. The Morgan fingerprint density at radius 2 is 2.00 bits per heavy atom. The van der Waals surface area contributed by atoms with Crippen LogP contribution in [-0.4, -0.2) is 26.1 Å². The van der Waals surface area contributed by atoms with Gasteiger partial charge in [0.2, 0.25) is 0 Å². The van der Waals surface area contributed by atoms with E-state index in [1.54, 1.807) is 19.3 Å². The van der Waals surface area contributed by atoms with E-state index in [-0.39, 0.29) is 0 Å². The number of hydrogen-bond acceptors (Lipinski definition) is 7. The molecule has 3 aliphatic rings. The fourth-order valence-corrected chi connectivity index (χ4v) is 5.13. The Balaban J connectivity index is 1.44. The lowest BCUT2D eigenvalue weighted by Gasteiger charge is -2.45. The summed E-state index contributed by atoms with van der Waals surface area (Å²) in [7, 11) is 0. The van der Waals surface area contributed by atoms with E-state index in [0.29, 0.717) is 6.04 Å². The van der Waals surface area contributed by atoms with Gasteiger partial charge in [-0.25, -0.2) is 9.97 Å². The van der Waals surface area contributed by atoms with Gasteiger partial charge in [0.15, 0.2) is 5.13 Å². The topological polar surface area (TPSA) is 83.0 Å². The molecule has 3 fully saturated rings. The number of aromatic nitrogens is 3. The van der Waals surface area contributed by atoms with E-state index in [4.69, 9.17) is 4.98 Å². The van der Waals surface area contributed by atoms with E-state index < -0.39 is 6.10 Å². The van der Waals surface area contributed by atoms with Gasteiger partial charge >= 0.3 is 0 Å². The Bertz CT molecular complexity index is 956. The molecule has 3 N–H and O–H groups in total. The van der Waals surface area contributed by atoms with Crippen LogP contribution >= 0.6 is 11.3 Å². The molecule has 1 atom stereocenters. The lowest BCUT2D eigenvalue weighted by Crippen LogP contribution is -2.40. The van der Waals surface area contributed by atoms with E-state index in [1.807, 2.05) is 12.1 Å². The van der Waals surface area contributed by atoms with Crippen molar-refractivity contribution in [2.24, 2.45) is 11.8 Å². The van der Waals surface area contributed by atoms with Gasteiger partial charge in [-0.05, 0) is 56.6 Å². The highest BCUT2D eigenvalue weighted by Crippen LogP contribution is 2.46. The SMILES string of the molecule is CC(O)c1cnc(Nc2cc3ncccc3c(NC3CC4CC(C4)C3)n2)s1. The Hall–Kier alpha value is -2.25. The third-order valence-electron chi connectivity index (χ3n) is 5.68. The third-order valence-corrected chi connectivity index (χ3v) is 6.76. The van der Waals surface area contributed by atoms with E-state index in [9.17, 15) is 5.11 Å². The quantitative estimate of drug-likeness (QED) is 0.604. The zero-order valence-electron chi connectivity index (χ0n) is 15.2. The number of thiazole rings is 1. The van der Waals surface area contributed by atoms with Gasteiger partial charge in [-0.2, -0.15) is 0 Å². The van der Waals surface area contributed by atoms with Gasteiger partial charge in [-0.15, -0.1) is 0 Å². The van der Waals surface area contributed by atoms with Crippen molar-refractivity contribution < 1.29 is 5.11 Å². The zero-order chi connectivity index (χ0) is 18.4. The van der Waals surface area contributed by atoms with Gasteiger partial charge in [-0.1, -0.05) is 11.3 Å². The number of rotatable bonds is 5. The number of pyridine rings is 2. The second kappa shape index (κ2) is 6.73. The lowest BCUT2D eigenvalue weighted by molar-refractivity contribution is 0.105. The summed E-state index contributed by atoms with van der Waals surface area (Å²) in [5.41, 5.74) is 0.908. The summed E-state index contributed by atoms with van der Waals surface area (Å²) in [6.45, 7) is 1.74. The Labute approximate surface area is 162 Å². The summed E-state index contributed by atoms with van der Waals surface area (Å²) < 4.78 is 0. The van der Waals surface area contributed by atoms with Gasteiger partial charge in [0.05, 0.1) is 16.5 Å². The molecule has 0 radical (unpaired) electrons. The summed E-state index contributed by atoms with van der Waals surface area (Å²) in [5.74, 6) is 3.39. The van der Waals surface area contributed by atoms with Gasteiger partial charge in [-0.3, -0.25) is 4.98 Å². The predicted octanol–water partition coefficient (Wildman–Crippen LogP) is 4.48. The van der Waals surface area contributed by atoms with E-state index in [1.165, 1.54) is 37.0 Å². The van der Waals surface area contributed by atoms with Crippen LogP contribution in [-0.2, 0) is 0 Å². The molecule has 3 aromatic heterocycles.